The summed E-state index contributed by atoms with van der Waals surface area (Å²) < 4.78 is 19.2. The van der Waals surface area contributed by atoms with Gasteiger partial charge >= 0.3 is 5.97 Å². The summed E-state index contributed by atoms with van der Waals surface area (Å²) in [5, 5.41) is 6.13. The molecule has 170 valence electrons. The molecular weight excluding hydrogens is 411 g/mol. The van der Waals surface area contributed by atoms with Gasteiger partial charge in [-0.1, -0.05) is 0 Å². The number of carbonyl (C=O) groups is 1. The summed E-state index contributed by atoms with van der Waals surface area (Å²) >= 11 is 0. The van der Waals surface area contributed by atoms with E-state index in [0.717, 1.165) is 50.0 Å². The Balaban J connectivity index is 1.49. The number of aryl methyl sites for hydroxylation is 1. The minimum absolute atomic E-state index is 0.0339. The topological polar surface area (TPSA) is 82.6 Å². The molecule has 1 fully saturated rings. The lowest BCUT2D eigenvalue weighted by Crippen LogP contribution is -2.44. The van der Waals surface area contributed by atoms with Crippen LogP contribution in [0.25, 0.3) is 0 Å². The molecule has 2 N–H and O–H groups in total. The molecule has 0 amide bonds. The monoisotopic (exact) mass is 440 g/mol. The molecule has 0 atom stereocenters. The van der Waals surface area contributed by atoms with Crippen LogP contribution in [-0.2, 0) is 9.53 Å². The van der Waals surface area contributed by atoms with E-state index in [-0.39, 0.29) is 11.8 Å². The molecule has 2 aliphatic rings. The van der Waals surface area contributed by atoms with Crippen molar-refractivity contribution in [3.05, 3.63) is 47.0 Å². The first-order valence-corrected chi connectivity index (χ1v) is 10.9. The predicted octanol–water partition coefficient (Wildman–Crippen LogP) is 3.44. The summed E-state index contributed by atoms with van der Waals surface area (Å²) in [7, 11) is 3.48. The molecule has 8 nitrogen and oxygen atoms in total. The van der Waals surface area contributed by atoms with E-state index >= 15 is 0 Å². The van der Waals surface area contributed by atoms with Crippen molar-refractivity contribution in [3.63, 3.8) is 0 Å². The van der Waals surface area contributed by atoms with Gasteiger partial charge in [-0.2, -0.15) is 4.98 Å². The molecule has 0 spiro atoms. The molecule has 1 aromatic carbocycles. The molecule has 1 aliphatic carbocycles. The quantitative estimate of drug-likeness (QED) is 0.661. The van der Waals surface area contributed by atoms with Crippen LogP contribution in [0.15, 0.2) is 35.7 Å². The van der Waals surface area contributed by atoms with Gasteiger partial charge in [0.2, 0.25) is 5.95 Å². The third kappa shape index (κ3) is 4.83. The van der Waals surface area contributed by atoms with Crippen LogP contribution in [-0.4, -0.2) is 61.2 Å². The summed E-state index contributed by atoms with van der Waals surface area (Å²) in [5.74, 6) is -0.667. The van der Waals surface area contributed by atoms with E-state index in [1.807, 2.05) is 12.1 Å². The van der Waals surface area contributed by atoms with Gasteiger partial charge in [-0.3, -0.25) is 0 Å². The normalized spacial score (nSPS) is 16.9. The maximum atomic E-state index is 14.4. The molecule has 4 rings (SSSR count). The van der Waals surface area contributed by atoms with Crippen LogP contribution in [0, 0.1) is 12.7 Å². The molecule has 1 aliphatic heterocycles. The largest absolute Gasteiger partial charge is 0.466 e. The summed E-state index contributed by atoms with van der Waals surface area (Å²) in [6.45, 7) is 6.19. The minimum atomic E-state index is -0.583. The molecule has 32 heavy (non-hydrogen) atoms. The Morgan fingerprint density at radius 3 is 2.66 bits per heavy atom. The summed E-state index contributed by atoms with van der Waals surface area (Å²) in [6, 6.07) is 6.12. The number of rotatable bonds is 6. The average Bonchev–Trinajstić information content (AvgIpc) is 3.25. The van der Waals surface area contributed by atoms with Gasteiger partial charge in [0.1, 0.15) is 0 Å². The third-order valence-electron chi connectivity index (χ3n) is 5.96. The zero-order valence-electron chi connectivity index (χ0n) is 18.7. The molecule has 9 heteroatoms. The number of methoxy groups -OCH3 is 1. The lowest BCUT2D eigenvalue weighted by molar-refractivity contribution is -0.136. The highest BCUT2D eigenvalue weighted by atomic mass is 19.1. The Morgan fingerprint density at radius 1 is 1.16 bits per heavy atom. The van der Waals surface area contributed by atoms with Gasteiger partial charge in [0.25, 0.3) is 0 Å². The first-order valence-electron chi connectivity index (χ1n) is 10.9. The molecule has 0 radical (unpaired) electrons. The number of benzene rings is 1. The SMILES string of the molecule is COC(=O)C1=C(Nc2nc(Nc3ccc(N4CCN(C)CC4)c(C)c3)ncc2F)CCC1. The Morgan fingerprint density at radius 2 is 1.94 bits per heavy atom. The van der Waals surface area contributed by atoms with E-state index in [0.29, 0.717) is 24.1 Å². The highest BCUT2D eigenvalue weighted by Gasteiger charge is 2.23. The van der Waals surface area contributed by atoms with Crippen molar-refractivity contribution in [2.24, 2.45) is 0 Å². The van der Waals surface area contributed by atoms with Gasteiger partial charge in [0.05, 0.1) is 18.9 Å². The molecule has 2 heterocycles. The minimum Gasteiger partial charge on any atom is -0.466 e. The summed E-state index contributed by atoms with van der Waals surface area (Å²) in [4.78, 5) is 25.0. The van der Waals surface area contributed by atoms with Crippen LogP contribution >= 0.6 is 0 Å². The van der Waals surface area contributed by atoms with E-state index < -0.39 is 11.8 Å². The van der Waals surface area contributed by atoms with Crippen LogP contribution in [0.4, 0.5) is 27.5 Å². The number of aromatic nitrogens is 2. The Kier molecular flexibility index (Phi) is 6.55. The lowest BCUT2D eigenvalue weighted by Gasteiger charge is -2.35. The highest BCUT2D eigenvalue weighted by Crippen LogP contribution is 2.29. The van der Waals surface area contributed by atoms with Gasteiger partial charge in [-0.25, -0.2) is 14.2 Å². The standard InChI is InChI=1S/C23H29FN6O2/c1-15-13-16(7-8-20(15)30-11-9-29(2)10-12-30)26-23-25-14-18(24)21(28-23)27-19-6-4-5-17(19)22(31)32-3/h7-8,13-14H,4-6,9-12H2,1-3H3,(H2,25,26,27,28). The second-order valence-corrected chi connectivity index (χ2v) is 8.23. The van der Waals surface area contributed by atoms with Crippen LogP contribution in [0.5, 0.6) is 0 Å². The van der Waals surface area contributed by atoms with E-state index in [1.165, 1.54) is 12.8 Å². The number of piperazine rings is 1. The maximum absolute atomic E-state index is 14.4. The molecule has 2 aromatic rings. The predicted molar refractivity (Wildman–Crippen MR) is 123 cm³/mol. The van der Waals surface area contributed by atoms with E-state index in [2.05, 4.69) is 50.4 Å². The number of hydrogen-bond acceptors (Lipinski definition) is 8. The number of nitrogens with one attached hydrogen (secondary N) is 2. The third-order valence-corrected chi connectivity index (χ3v) is 5.96. The zero-order chi connectivity index (χ0) is 22.7. The number of hydrogen-bond donors (Lipinski definition) is 2. The Hall–Kier alpha value is -3.20. The van der Waals surface area contributed by atoms with Crippen molar-refractivity contribution in [1.82, 2.24) is 14.9 Å². The fraction of sp³-hybridized carbons (Fsp3) is 0.435. The van der Waals surface area contributed by atoms with Gasteiger partial charge in [-0.05, 0) is 57.0 Å². The molecule has 0 saturated carbocycles. The fourth-order valence-corrected chi connectivity index (χ4v) is 4.15. The van der Waals surface area contributed by atoms with Crippen LogP contribution in [0.1, 0.15) is 24.8 Å². The van der Waals surface area contributed by atoms with Crippen LogP contribution < -0.4 is 15.5 Å². The summed E-state index contributed by atoms with van der Waals surface area (Å²) in [5.41, 5.74) is 4.38. The van der Waals surface area contributed by atoms with Crippen molar-refractivity contribution >= 4 is 29.1 Å². The van der Waals surface area contributed by atoms with Gasteiger partial charge in [-0.15, -0.1) is 0 Å². The second-order valence-electron chi connectivity index (χ2n) is 8.23. The van der Waals surface area contributed by atoms with Crippen molar-refractivity contribution in [1.29, 1.82) is 0 Å². The number of likely N-dealkylation sites (N-methyl/N-ethyl adjacent to an activating group) is 1. The first-order chi connectivity index (χ1) is 15.4. The van der Waals surface area contributed by atoms with Crippen LogP contribution in [0.2, 0.25) is 0 Å². The molecule has 0 bridgehead atoms. The van der Waals surface area contributed by atoms with Gasteiger partial charge in [0.15, 0.2) is 11.6 Å². The van der Waals surface area contributed by atoms with E-state index in [1.54, 1.807) is 0 Å². The molecule has 1 aromatic heterocycles. The molecule has 0 unspecified atom stereocenters. The maximum Gasteiger partial charge on any atom is 0.335 e. The van der Waals surface area contributed by atoms with Crippen molar-refractivity contribution < 1.29 is 13.9 Å². The van der Waals surface area contributed by atoms with E-state index in [4.69, 9.17) is 4.74 Å². The summed E-state index contributed by atoms with van der Waals surface area (Å²) in [6.07, 6.45) is 3.18. The van der Waals surface area contributed by atoms with Gasteiger partial charge in [0, 0.05) is 43.3 Å². The zero-order valence-corrected chi connectivity index (χ0v) is 18.7. The number of halogens is 1. The van der Waals surface area contributed by atoms with Gasteiger partial charge < -0.3 is 25.2 Å². The molecule has 1 saturated heterocycles. The van der Waals surface area contributed by atoms with Crippen molar-refractivity contribution in [2.75, 3.05) is 55.9 Å². The number of anilines is 4. The van der Waals surface area contributed by atoms with E-state index in [9.17, 15) is 9.18 Å². The Bertz CT molecular complexity index is 1030. The smallest absolute Gasteiger partial charge is 0.335 e. The Labute approximate surface area is 187 Å². The van der Waals surface area contributed by atoms with Crippen molar-refractivity contribution in [2.45, 2.75) is 26.2 Å². The average molecular weight is 441 g/mol. The number of esters is 1. The second kappa shape index (κ2) is 9.52. The fourth-order valence-electron chi connectivity index (χ4n) is 4.15. The number of allylic oxidation sites excluding steroid dienone is 1. The number of carbonyl (C=O) groups excluding carboxylic acids is 1. The first kappa shape index (κ1) is 22.0. The van der Waals surface area contributed by atoms with Crippen molar-refractivity contribution in [3.8, 4) is 0 Å². The number of nitrogens with zero attached hydrogens (tertiary/aromatic N) is 4. The molecular formula is C23H29FN6O2. The highest BCUT2D eigenvalue weighted by molar-refractivity contribution is 5.90. The lowest BCUT2D eigenvalue weighted by atomic mass is 10.1. The van der Waals surface area contributed by atoms with Crippen LogP contribution in [0.3, 0.4) is 0 Å². The number of ether oxygens (including phenoxy) is 1.